The maximum Gasteiger partial charge on any atom is 0.413 e. The number of hydrogen-bond donors (Lipinski definition) is 3. The van der Waals surface area contributed by atoms with Crippen molar-refractivity contribution in [1.29, 1.82) is 0 Å². The molecule has 0 aliphatic rings. The predicted octanol–water partition coefficient (Wildman–Crippen LogP) is 2.11. The number of H-pyrrole nitrogens is 1. The molecular weight excluding hydrogens is 362 g/mol. The van der Waals surface area contributed by atoms with Crippen molar-refractivity contribution in [3.63, 3.8) is 0 Å². The molecule has 3 aromatic rings. The first-order valence-corrected chi connectivity index (χ1v) is 8.65. The Morgan fingerprint density at radius 3 is 2.89 bits per heavy atom. The zero-order chi connectivity index (χ0) is 20.1. The monoisotopic (exact) mass is 383 g/mol. The number of carbonyl (C=O) groups is 2. The lowest BCUT2D eigenvalue weighted by Crippen LogP contribution is -2.37. The largest absolute Gasteiger partial charge is 0.413 e. The Bertz CT molecular complexity index is 1000. The Kier molecular flexibility index (Phi) is 5.85. The van der Waals surface area contributed by atoms with Gasteiger partial charge in [0.2, 0.25) is 0 Å². The van der Waals surface area contributed by atoms with Gasteiger partial charge >= 0.3 is 6.09 Å². The van der Waals surface area contributed by atoms with E-state index in [-0.39, 0.29) is 17.7 Å². The van der Waals surface area contributed by atoms with Gasteiger partial charge < -0.3 is 25.1 Å². The highest BCUT2D eigenvalue weighted by atomic mass is 16.6. The lowest BCUT2D eigenvalue weighted by molar-refractivity contribution is 0.0963. The van der Waals surface area contributed by atoms with Crippen LogP contribution < -0.4 is 15.4 Å². The van der Waals surface area contributed by atoms with Crippen LogP contribution in [0.2, 0.25) is 0 Å². The van der Waals surface area contributed by atoms with Crippen LogP contribution in [0.15, 0.2) is 36.7 Å². The maximum atomic E-state index is 12.1. The van der Waals surface area contributed by atoms with Crippen molar-refractivity contribution in [2.45, 2.75) is 13.0 Å². The molecule has 0 aliphatic heterocycles. The smallest absolute Gasteiger partial charge is 0.406 e. The number of methoxy groups -OCH3 is 1. The summed E-state index contributed by atoms with van der Waals surface area (Å²) in [5.74, 6) is 0.0670. The van der Waals surface area contributed by atoms with Gasteiger partial charge in [0.1, 0.15) is 0 Å². The number of rotatable bonds is 6. The molecule has 0 bridgehead atoms. The highest BCUT2D eigenvalue weighted by Crippen LogP contribution is 2.26. The first-order valence-electron chi connectivity index (χ1n) is 8.65. The number of benzene rings is 1. The Morgan fingerprint density at radius 2 is 2.14 bits per heavy atom. The summed E-state index contributed by atoms with van der Waals surface area (Å²) in [6.07, 6.45) is 2.50. The SMILES string of the molecule is CNC(=O)c1cccc(-c2cnc3[nH]cc(OC(=O)N[C@@H](C)COC)c3n2)c1. The quantitative estimate of drug-likeness (QED) is 0.600. The number of amides is 2. The lowest BCUT2D eigenvalue weighted by atomic mass is 10.1. The van der Waals surface area contributed by atoms with Crippen LogP contribution in [-0.4, -0.2) is 53.8 Å². The Balaban J connectivity index is 1.87. The number of aromatic amines is 1. The minimum absolute atomic E-state index is 0.191. The summed E-state index contributed by atoms with van der Waals surface area (Å²) in [4.78, 5) is 35.7. The lowest BCUT2D eigenvalue weighted by Gasteiger charge is -2.12. The molecule has 9 heteroatoms. The molecular formula is C19H21N5O4. The average Bonchev–Trinajstić information content (AvgIpc) is 3.09. The van der Waals surface area contributed by atoms with Gasteiger partial charge in [-0.3, -0.25) is 4.79 Å². The van der Waals surface area contributed by atoms with E-state index in [1.165, 1.54) is 6.20 Å². The van der Waals surface area contributed by atoms with Crippen molar-refractivity contribution >= 4 is 23.2 Å². The molecule has 3 rings (SSSR count). The Labute approximate surface area is 161 Å². The topological polar surface area (TPSA) is 118 Å². The zero-order valence-electron chi connectivity index (χ0n) is 15.8. The molecule has 146 valence electrons. The van der Waals surface area contributed by atoms with Gasteiger partial charge in [0.05, 0.1) is 24.5 Å². The molecule has 9 nitrogen and oxygen atoms in total. The minimum Gasteiger partial charge on any atom is -0.406 e. The van der Waals surface area contributed by atoms with E-state index >= 15 is 0 Å². The van der Waals surface area contributed by atoms with Crippen molar-refractivity contribution in [1.82, 2.24) is 25.6 Å². The summed E-state index contributed by atoms with van der Waals surface area (Å²) >= 11 is 0. The van der Waals surface area contributed by atoms with Gasteiger partial charge in [-0.15, -0.1) is 0 Å². The molecule has 2 heterocycles. The first-order chi connectivity index (χ1) is 13.5. The zero-order valence-corrected chi connectivity index (χ0v) is 15.8. The first kappa shape index (κ1) is 19.3. The van der Waals surface area contributed by atoms with Crippen LogP contribution in [0.3, 0.4) is 0 Å². The fourth-order valence-corrected chi connectivity index (χ4v) is 2.67. The molecule has 1 atom stereocenters. The normalized spacial score (nSPS) is 11.8. The molecule has 2 amide bonds. The van der Waals surface area contributed by atoms with Gasteiger partial charge in [0.15, 0.2) is 16.9 Å². The van der Waals surface area contributed by atoms with Crippen LogP contribution in [-0.2, 0) is 4.74 Å². The minimum atomic E-state index is -0.612. The van der Waals surface area contributed by atoms with Crippen LogP contribution in [0.4, 0.5) is 4.79 Å². The summed E-state index contributed by atoms with van der Waals surface area (Å²) in [5.41, 5.74) is 2.69. The highest BCUT2D eigenvalue weighted by Gasteiger charge is 2.15. The standard InChI is InChI=1S/C19H21N5O4/c1-11(10-27-3)23-19(26)28-15-9-22-17-16(15)24-14(8-21-17)12-5-4-6-13(7-12)18(25)20-2/h4-9,11H,10H2,1-3H3,(H,20,25)(H,21,22)(H,23,26)/t11-/m0/s1. The van der Waals surface area contributed by atoms with Gasteiger partial charge in [-0.25, -0.2) is 14.8 Å². The number of aromatic nitrogens is 3. The van der Waals surface area contributed by atoms with Crippen molar-refractivity contribution in [3.8, 4) is 17.0 Å². The van der Waals surface area contributed by atoms with Crippen LogP contribution in [0, 0.1) is 0 Å². The molecule has 28 heavy (non-hydrogen) atoms. The van der Waals surface area contributed by atoms with E-state index in [2.05, 4.69) is 25.6 Å². The Morgan fingerprint density at radius 1 is 1.32 bits per heavy atom. The van der Waals surface area contributed by atoms with Gasteiger partial charge in [-0.1, -0.05) is 12.1 Å². The molecule has 0 saturated carbocycles. The molecule has 0 radical (unpaired) electrons. The second-order valence-corrected chi connectivity index (χ2v) is 6.16. The van der Waals surface area contributed by atoms with E-state index in [1.807, 2.05) is 6.07 Å². The fraction of sp³-hybridized carbons (Fsp3) is 0.263. The molecule has 0 saturated heterocycles. The number of nitrogens with zero attached hydrogens (tertiary/aromatic N) is 2. The van der Waals surface area contributed by atoms with Crippen molar-refractivity contribution in [2.24, 2.45) is 0 Å². The molecule has 2 aromatic heterocycles. The molecule has 0 unspecified atom stereocenters. The molecule has 0 fully saturated rings. The van der Waals surface area contributed by atoms with Crippen LogP contribution in [0.5, 0.6) is 5.75 Å². The number of hydrogen-bond acceptors (Lipinski definition) is 6. The number of fused-ring (bicyclic) bond motifs is 1. The van der Waals surface area contributed by atoms with E-state index in [0.717, 1.165) is 5.56 Å². The van der Waals surface area contributed by atoms with E-state index < -0.39 is 6.09 Å². The van der Waals surface area contributed by atoms with Gasteiger partial charge in [-0.05, 0) is 19.1 Å². The fourth-order valence-electron chi connectivity index (χ4n) is 2.67. The molecule has 1 aromatic carbocycles. The summed E-state index contributed by atoms with van der Waals surface area (Å²) < 4.78 is 10.3. The molecule has 0 aliphatic carbocycles. The summed E-state index contributed by atoms with van der Waals surface area (Å²) in [6.45, 7) is 2.17. The van der Waals surface area contributed by atoms with Gasteiger partial charge in [0, 0.05) is 31.5 Å². The number of ether oxygens (including phenoxy) is 2. The molecule has 0 spiro atoms. The van der Waals surface area contributed by atoms with E-state index in [9.17, 15) is 9.59 Å². The van der Waals surface area contributed by atoms with Crippen molar-refractivity contribution in [2.75, 3.05) is 20.8 Å². The van der Waals surface area contributed by atoms with E-state index in [4.69, 9.17) is 9.47 Å². The third-order valence-corrected chi connectivity index (χ3v) is 3.98. The predicted molar refractivity (Wildman–Crippen MR) is 103 cm³/mol. The third kappa shape index (κ3) is 4.26. The second kappa shape index (κ2) is 8.49. The number of carbonyl (C=O) groups excluding carboxylic acids is 2. The highest BCUT2D eigenvalue weighted by molar-refractivity contribution is 5.95. The summed E-state index contributed by atoms with van der Waals surface area (Å²) in [7, 11) is 3.13. The average molecular weight is 383 g/mol. The van der Waals surface area contributed by atoms with E-state index in [0.29, 0.717) is 29.0 Å². The van der Waals surface area contributed by atoms with Crippen LogP contribution in [0.1, 0.15) is 17.3 Å². The van der Waals surface area contributed by atoms with Crippen molar-refractivity contribution in [3.05, 3.63) is 42.2 Å². The Hall–Kier alpha value is -3.46. The maximum absolute atomic E-state index is 12.1. The third-order valence-electron chi connectivity index (χ3n) is 3.98. The summed E-state index contributed by atoms with van der Waals surface area (Å²) in [6, 6.07) is 6.84. The number of nitrogens with one attached hydrogen (secondary N) is 3. The van der Waals surface area contributed by atoms with E-state index in [1.54, 1.807) is 45.5 Å². The second-order valence-electron chi connectivity index (χ2n) is 6.16. The van der Waals surface area contributed by atoms with Crippen LogP contribution in [0.25, 0.3) is 22.4 Å². The van der Waals surface area contributed by atoms with Crippen LogP contribution >= 0.6 is 0 Å². The molecule has 3 N–H and O–H groups in total. The van der Waals surface area contributed by atoms with Crippen molar-refractivity contribution < 1.29 is 19.1 Å². The summed E-state index contributed by atoms with van der Waals surface area (Å²) in [5, 5.41) is 5.25. The van der Waals surface area contributed by atoms with Gasteiger partial charge in [-0.2, -0.15) is 0 Å². The van der Waals surface area contributed by atoms with Gasteiger partial charge in [0.25, 0.3) is 5.91 Å².